The molecule has 0 aromatic heterocycles. The van der Waals surface area contributed by atoms with E-state index in [1.165, 1.54) is 24.8 Å². The molecule has 2 heterocycles. The van der Waals surface area contributed by atoms with E-state index >= 15 is 0 Å². The minimum Gasteiger partial charge on any atom is -0.273 e. The smallest absolute Gasteiger partial charge is 0.241 e. The Morgan fingerprint density at radius 1 is 0.941 bits per heavy atom. The lowest BCUT2D eigenvalue weighted by Crippen LogP contribution is -2.51. The molecule has 0 radical (unpaired) electrons. The van der Waals surface area contributed by atoms with Crippen molar-refractivity contribution in [1.29, 1.82) is 0 Å². The Bertz CT molecular complexity index is 424. The molecule has 17 heavy (non-hydrogen) atoms. The molecule has 0 unspecified atom stereocenters. The minimum absolute atomic E-state index is 0.255. The molecule has 0 bridgehead atoms. The second-order valence-electron chi connectivity index (χ2n) is 4.85. The first-order valence-corrected chi connectivity index (χ1v) is 6.52. The summed E-state index contributed by atoms with van der Waals surface area (Å²) in [7, 11) is 0. The molecule has 0 N–H and O–H groups in total. The van der Waals surface area contributed by atoms with Crippen LogP contribution >= 0.6 is 0 Å². The van der Waals surface area contributed by atoms with Crippen molar-refractivity contribution in [3.8, 4) is 0 Å². The Labute approximate surface area is 102 Å². The molecule has 0 spiro atoms. The van der Waals surface area contributed by atoms with Crippen LogP contribution in [0.3, 0.4) is 0 Å². The number of carbonyl (C=O) groups excluding carboxylic acids is 1. The van der Waals surface area contributed by atoms with Crippen LogP contribution in [0.2, 0.25) is 0 Å². The Morgan fingerprint density at radius 2 is 1.71 bits per heavy atom. The van der Waals surface area contributed by atoms with Crippen LogP contribution in [0.15, 0.2) is 24.3 Å². The van der Waals surface area contributed by atoms with Gasteiger partial charge in [0, 0.05) is 19.5 Å². The molecular weight excluding hydrogens is 212 g/mol. The second kappa shape index (κ2) is 4.49. The van der Waals surface area contributed by atoms with Gasteiger partial charge >= 0.3 is 0 Å². The number of rotatable bonds is 1. The van der Waals surface area contributed by atoms with Crippen molar-refractivity contribution in [2.24, 2.45) is 0 Å². The van der Waals surface area contributed by atoms with Crippen molar-refractivity contribution >= 4 is 11.6 Å². The first-order chi connectivity index (χ1) is 8.36. The molecule has 0 atom stereocenters. The molecule has 2 aliphatic heterocycles. The number of piperidine rings is 1. The first-order valence-electron chi connectivity index (χ1n) is 6.52. The lowest BCUT2D eigenvalue weighted by atomic mass is 10.0. The third kappa shape index (κ3) is 1.95. The monoisotopic (exact) mass is 230 g/mol. The molecule has 0 aliphatic carbocycles. The first kappa shape index (κ1) is 10.8. The molecule has 3 rings (SSSR count). The predicted octanol–water partition coefficient (Wildman–Crippen LogP) is 2.37. The number of para-hydroxylation sites is 1. The maximum Gasteiger partial charge on any atom is 0.241 e. The molecule has 1 fully saturated rings. The highest BCUT2D eigenvalue weighted by atomic mass is 16.2. The standard InChI is InChI=1S/C14H18N2O/c17-14-9-8-12-6-2-3-7-13(12)16(14)15-10-4-1-5-11-15/h2-3,6-7H,1,4-5,8-11H2. The van der Waals surface area contributed by atoms with Crippen molar-refractivity contribution in [2.45, 2.75) is 32.1 Å². The number of hydrogen-bond acceptors (Lipinski definition) is 2. The summed E-state index contributed by atoms with van der Waals surface area (Å²) in [6.45, 7) is 2.03. The number of carbonyl (C=O) groups is 1. The molecule has 90 valence electrons. The Hall–Kier alpha value is -1.35. The van der Waals surface area contributed by atoms with E-state index in [2.05, 4.69) is 23.2 Å². The molecule has 3 nitrogen and oxygen atoms in total. The topological polar surface area (TPSA) is 23.6 Å². The van der Waals surface area contributed by atoms with Crippen LogP contribution in [0.5, 0.6) is 0 Å². The van der Waals surface area contributed by atoms with E-state index in [0.29, 0.717) is 6.42 Å². The maximum absolute atomic E-state index is 12.1. The second-order valence-corrected chi connectivity index (χ2v) is 4.85. The third-order valence-corrected chi connectivity index (χ3v) is 3.68. The summed E-state index contributed by atoms with van der Waals surface area (Å²) in [5.41, 5.74) is 2.41. The van der Waals surface area contributed by atoms with Crippen LogP contribution in [0.25, 0.3) is 0 Å². The van der Waals surface area contributed by atoms with Crippen LogP contribution in [0.4, 0.5) is 5.69 Å². The van der Waals surface area contributed by atoms with E-state index < -0.39 is 0 Å². The summed E-state index contributed by atoms with van der Waals surface area (Å²) >= 11 is 0. The molecule has 1 aromatic carbocycles. The number of anilines is 1. The molecule has 1 amide bonds. The van der Waals surface area contributed by atoms with Gasteiger partial charge in [0.15, 0.2) is 0 Å². The Morgan fingerprint density at radius 3 is 2.53 bits per heavy atom. The SMILES string of the molecule is O=C1CCc2ccccc2N1N1CCCCC1. The van der Waals surface area contributed by atoms with Crippen molar-refractivity contribution < 1.29 is 4.79 Å². The number of fused-ring (bicyclic) bond motifs is 1. The summed E-state index contributed by atoms with van der Waals surface area (Å²) in [6.07, 6.45) is 5.23. The highest BCUT2D eigenvalue weighted by Crippen LogP contribution is 2.30. The fourth-order valence-corrected chi connectivity index (χ4v) is 2.80. The van der Waals surface area contributed by atoms with E-state index in [9.17, 15) is 4.79 Å². The van der Waals surface area contributed by atoms with Crippen molar-refractivity contribution in [3.05, 3.63) is 29.8 Å². The Kier molecular flexibility index (Phi) is 2.85. The zero-order valence-electron chi connectivity index (χ0n) is 10.1. The van der Waals surface area contributed by atoms with E-state index in [1.54, 1.807) is 0 Å². The lowest BCUT2D eigenvalue weighted by Gasteiger charge is -2.40. The van der Waals surface area contributed by atoms with Crippen molar-refractivity contribution in [1.82, 2.24) is 5.01 Å². The summed E-state index contributed by atoms with van der Waals surface area (Å²) < 4.78 is 0. The van der Waals surface area contributed by atoms with Gasteiger partial charge in [0.2, 0.25) is 5.91 Å². The zero-order chi connectivity index (χ0) is 11.7. The third-order valence-electron chi connectivity index (χ3n) is 3.68. The van der Waals surface area contributed by atoms with Gasteiger partial charge in [0.25, 0.3) is 0 Å². The largest absolute Gasteiger partial charge is 0.273 e. The average molecular weight is 230 g/mol. The summed E-state index contributed by atoms with van der Waals surface area (Å²) in [5.74, 6) is 0.255. The quantitative estimate of drug-likeness (QED) is 0.739. The number of amides is 1. The van der Waals surface area contributed by atoms with Gasteiger partial charge in [-0.15, -0.1) is 0 Å². The normalized spacial score (nSPS) is 21.4. The van der Waals surface area contributed by atoms with Crippen molar-refractivity contribution in [2.75, 3.05) is 18.1 Å². The van der Waals surface area contributed by atoms with Gasteiger partial charge in [-0.2, -0.15) is 0 Å². The van der Waals surface area contributed by atoms with Crippen LogP contribution in [0, 0.1) is 0 Å². The predicted molar refractivity (Wildman–Crippen MR) is 67.7 cm³/mol. The molecule has 2 aliphatic rings. The molecule has 1 saturated heterocycles. The van der Waals surface area contributed by atoms with Gasteiger partial charge < -0.3 is 0 Å². The number of hydrazine groups is 1. The number of nitrogens with zero attached hydrogens (tertiary/aromatic N) is 2. The fourth-order valence-electron chi connectivity index (χ4n) is 2.80. The molecule has 3 heteroatoms. The van der Waals surface area contributed by atoms with Gasteiger partial charge in [-0.3, -0.25) is 4.79 Å². The maximum atomic E-state index is 12.1. The summed E-state index contributed by atoms with van der Waals surface area (Å²) in [4.78, 5) is 12.1. The van der Waals surface area contributed by atoms with Gasteiger partial charge in [-0.1, -0.05) is 24.6 Å². The Balaban J connectivity index is 1.94. The van der Waals surface area contributed by atoms with Gasteiger partial charge in [-0.05, 0) is 30.9 Å². The van der Waals surface area contributed by atoms with Crippen molar-refractivity contribution in [3.63, 3.8) is 0 Å². The van der Waals surface area contributed by atoms with Crippen LogP contribution in [-0.4, -0.2) is 24.0 Å². The van der Waals surface area contributed by atoms with Crippen LogP contribution in [0.1, 0.15) is 31.2 Å². The van der Waals surface area contributed by atoms with Gasteiger partial charge in [-0.25, -0.2) is 10.0 Å². The minimum atomic E-state index is 0.255. The molecular formula is C14H18N2O. The highest BCUT2D eigenvalue weighted by molar-refractivity contribution is 5.95. The zero-order valence-corrected chi connectivity index (χ0v) is 10.1. The number of aryl methyl sites for hydroxylation is 1. The fraction of sp³-hybridized carbons (Fsp3) is 0.500. The van der Waals surface area contributed by atoms with E-state index in [0.717, 1.165) is 25.2 Å². The van der Waals surface area contributed by atoms with E-state index in [1.807, 2.05) is 11.1 Å². The lowest BCUT2D eigenvalue weighted by molar-refractivity contribution is -0.122. The van der Waals surface area contributed by atoms with Gasteiger partial charge in [0.05, 0.1) is 5.69 Å². The van der Waals surface area contributed by atoms with Crippen LogP contribution in [-0.2, 0) is 11.2 Å². The van der Waals surface area contributed by atoms with Gasteiger partial charge in [0.1, 0.15) is 0 Å². The van der Waals surface area contributed by atoms with E-state index in [4.69, 9.17) is 0 Å². The highest BCUT2D eigenvalue weighted by Gasteiger charge is 2.29. The average Bonchev–Trinajstić information content (AvgIpc) is 2.39. The molecule has 1 aromatic rings. The number of benzene rings is 1. The van der Waals surface area contributed by atoms with Crippen LogP contribution < -0.4 is 5.01 Å². The van der Waals surface area contributed by atoms with E-state index in [-0.39, 0.29) is 5.91 Å². The molecule has 0 saturated carbocycles. The number of hydrogen-bond donors (Lipinski definition) is 0. The summed E-state index contributed by atoms with van der Waals surface area (Å²) in [5, 5.41) is 4.15. The summed E-state index contributed by atoms with van der Waals surface area (Å²) in [6, 6.07) is 8.29.